The van der Waals surface area contributed by atoms with Crippen molar-refractivity contribution in [3.05, 3.63) is 41.1 Å². The summed E-state index contributed by atoms with van der Waals surface area (Å²) in [5.74, 6) is 0.994. The third-order valence-electron chi connectivity index (χ3n) is 2.33. The number of thioether (sulfide) groups is 1. The number of hydrogen-bond donors (Lipinski definition) is 0. The summed E-state index contributed by atoms with van der Waals surface area (Å²) in [6.45, 7) is 4.22. The lowest BCUT2D eigenvalue weighted by molar-refractivity contribution is 0.110. The van der Waals surface area contributed by atoms with E-state index in [0.717, 1.165) is 10.5 Å². The fourth-order valence-electron chi connectivity index (χ4n) is 1.62. The van der Waals surface area contributed by atoms with E-state index in [1.807, 2.05) is 18.2 Å². The molecule has 0 radical (unpaired) electrons. The van der Waals surface area contributed by atoms with Gasteiger partial charge >= 0.3 is 0 Å². The zero-order chi connectivity index (χ0) is 13.1. The number of halogens is 1. The van der Waals surface area contributed by atoms with Crippen LogP contribution in [-0.4, -0.2) is 11.5 Å². The quantitative estimate of drug-likeness (QED) is 0.589. The van der Waals surface area contributed by atoms with Crippen LogP contribution in [0.1, 0.15) is 24.4 Å². The molecule has 18 heavy (non-hydrogen) atoms. The molecule has 0 bridgehead atoms. The van der Waals surface area contributed by atoms with Gasteiger partial charge in [-0.1, -0.05) is 31.5 Å². The van der Waals surface area contributed by atoms with Gasteiger partial charge in [0.05, 0.1) is 5.02 Å². The van der Waals surface area contributed by atoms with Crippen molar-refractivity contribution in [2.75, 3.05) is 0 Å². The van der Waals surface area contributed by atoms with Crippen LogP contribution in [0.25, 0.3) is 11.3 Å². The Morgan fingerprint density at radius 1 is 1.28 bits per heavy atom. The highest BCUT2D eigenvalue weighted by molar-refractivity contribution is 8.00. The first kappa shape index (κ1) is 13.2. The number of rotatable bonds is 4. The Morgan fingerprint density at radius 2 is 2.06 bits per heavy atom. The number of benzene rings is 1. The molecule has 1 aromatic carbocycles. The predicted octanol–water partition coefficient (Wildman–Crippen LogP) is 4.91. The molecular weight excluding hydrogens is 268 g/mol. The van der Waals surface area contributed by atoms with Crippen LogP contribution in [0.4, 0.5) is 0 Å². The van der Waals surface area contributed by atoms with Crippen LogP contribution >= 0.6 is 23.4 Å². The van der Waals surface area contributed by atoms with Crippen molar-refractivity contribution in [2.24, 2.45) is 0 Å². The van der Waals surface area contributed by atoms with Crippen LogP contribution in [0, 0.1) is 0 Å². The van der Waals surface area contributed by atoms with E-state index in [9.17, 15) is 4.79 Å². The molecule has 0 aliphatic carbocycles. The minimum Gasteiger partial charge on any atom is -0.453 e. The monoisotopic (exact) mass is 280 g/mol. The van der Waals surface area contributed by atoms with E-state index in [-0.39, 0.29) is 0 Å². The Labute approximate surface area is 115 Å². The van der Waals surface area contributed by atoms with E-state index in [1.54, 1.807) is 23.9 Å². The van der Waals surface area contributed by atoms with E-state index in [1.165, 1.54) is 0 Å². The molecule has 4 heteroatoms. The lowest BCUT2D eigenvalue weighted by Gasteiger charge is -2.11. The molecule has 0 N–H and O–H groups in total. The minimum atomic E-state index is 0.325. The van der Waals surface area contributed by atoms with Crippen LogP contribution in [0.15, 0.2) is 39.6 Å². The highest BCUT2D eigenvalue weighted by atomic mass is 35.5. The summed E-state index contributed by atoms with van der Waals surface area (Å²) < 4.78 is 5.46. The van der Waals surface area contributed by atoms with E-state index in [2.05, 4.69) is 13.8 Å². The van der Waals surface area contributed by atoms with Gasteiger partial charge in [-0.05, 0) is 24.3 Å². The van der Waals surface area contributed by atoms with E-state index in [0.29, 0.717) is 28.1 Å². The summed E-state index contributed by atoms with van der Waals surface area (Å²) >= 11 is 7.92. The van der Waals surface area contributed by atoms with Gasteiger partial charge in [-0.2, -0.15) is 0 Å². The van der Waals surface area contributed by atoms with Crippen LogP contribution in [0.2, 0.25) is 5.02 Å². The second kappa shape index (κ2) is 5.63. The SMILES string of the molecule is CC(C)Sc1c(Cl)cccc1-c1ccc(C=O)o1. The van der Waals surface area contributed by atoms with Crippen molar-refractivity contribution >= 4 is 29.6 Å². The largest absolute Gasteiger partial charge is 0.453 e. The second-order valence-corrected chi connectivity index (χ2v) is 6.10. The molecule has 2 aromatic rings. The van der Waals surface area contributed by atoms with E-state index < -0.39 is 0 Å². The first-order valence-electron chi connectivity index (χ1n) is 5.62. The van der Waals surface area contributed by atoms with Crippen molar-refractivity contribution in [2.45, 2.75) is 24.0 Å². The van der Waals surface area contributed by atoms with Crippen LogP contribution < -0.4 is 0 Å². The maximum Gasteiger partial charge on any atom is 0.185 e. The second-order valence-electron chi connectivity index (χ2n) is 4.10. The molecule has 0 spiro atoms. The Balaban J connectivity index is 2.49. The Bertz CT molecular complexity index is 561. The lowest BCUT2D eigenvalue weighted by Crippen LogP contribution is -1.89. The van der Waals surface area contributed by atoms with E-state index in [4.69, 9.17) is 16.0 Å². The molecule has 0 unspecified atom stereocenters. The smallest absolute Gasteiger partial charge is 0.185 e. The molecular formula is C14H13ClO2S. The van der Waals surface area contributed by atoms with Crippen LogP contribution in [0.5, 0.6) is 0 Å². The lowest BCUT2D eigenvalue weighted by atomic mass is 10.2. The molecule has 0 amide bonds. The zero-order valence-electron chi connectivity index (χ0n) is 10.1. The van der Waals surface area contributed by atoms with Gasteiger partial charge in [0.2, 0.25) is 0 Å². The summed E-state index contributed by atoms with van der Waals surface area (Å²) in [5.41, 5.74) is 0.925. The molecule has 0 saturated carbocycles. The van der Waals surface area contributed by atoms with Gasteiger partial charge in [0.25, 0.3) is 0 Å². The average Bonchev–Trinajstić information content (AvgIpc) is 2.80. The van der Waals surface area contributed by atoms with Crippen LogP contribution in [-0.2, 0) is 0 Å². The maximum absolute atomic E-state index is 10.7. The van der Waals surface area contributed by atoms with Crippen molar-refractivity contribution in [1.29, 1.82) is 0 Å². The average molecular weight is 281 g/mol. The number of furan rings is 1. The molecule has 0 atom stereocenters. The normalized spacial score (nSPS) is 10.9. The highest BCUT2D eigenvalue weighted by Gasteiger charge is 2.14. The van der Waals surface area contributed by atoms with Crippen molar-refractivity contribution in [3.63, 3.8) is 0 Å². The topological polar surface area (TPSA) is 30.2 Å². The van der Waals surface area contributed by atoms with Gasteiger partial charge in [-0.3, -0.25) is 4.79 Å². The summed E-state index contributed by atoms with van der Waals surface area (Å²) in [6, 6.07) is 9.14. The van der Waals surface area contributed by atoms with Crippen molar-refractivity contribution in [3.8, 4) is 11.3 Å². The summed E-state index contributed by atoms with van der Waals surface area (Å²) in [4.78, 5) is 11.6. The molecule has 0 saturated heterocycles. The summed E-state index contributed by atoms with van der Waals surface area (Å²) in [7, 11) is 0. The molecule has 1 aromatic heterocycles. The summed E-state index contributed by atoms with van der Waals surface area (Å²) in [5, 5.41) is 1.12. The van der Waals surface area contributed by atoms with Gasteiger partial charge < -0.3 is 4.42 Å². The number of hydrogen-bond acceptors (Lipinski definition) is 3. The fraction of sp³-hybridized carbons (Fsp3) is 0.214. The van der Waals surface area contributed by atoms with Crippen molar-refractivity contribution in [1.82, 2.24) is 0 Å². The zero-order valence-corrected chi connectivity index (χ0v) is 11.7. The van der Waals surface area contributed by atoms with Gasteiger partial charge in [-0.25, -0.2) is 0 Å². The summed E-state index contributed by atoms with van der Waals surface area (Å²) in [6.07, 6.45) is 0.698. The van der Waals surface area contributed by atoms with Gasteiger partial charge in [-0.15, -0.1) is 11.8 Å². The van der Waals surface area contributed by atoms with Gasteiger partial charge in [0, 0.05) is 15.7 Å². The maximum atomic E-state index is 10.7. The first-order chi connectivity index (χ1) is 8.61. The minimum absolute atomic E-state index is 0.325. The number of carbonyl (C=O) groups is 1. The standard InChI is InChI=1S/C14H13ClO2S/c1-9(2)18-14-11(4-3-5-12(14)15)13-7-6-10(8-16)17-13/h3-9H,1-2H3. The molecule has 0 aliphatic heterocycles. The first-order valence-corrected chi connectivity index (χ1v) is 6.88. The number of aldehydes is 1. The van der Waals surface area contributed by atoms with Gasteiger partial charge in [0.1, 0.15) is 5.76 Å². The molecule has 94 valence electrons. The predicted molar refractivity (Wildman–Crippen MR) is 75.5 cm³/mol. The Morgan fingerprint density at radius 3 is 2.67 bits per heavy atom. The molecule has 2 rings (SSSR count). The third kappa shape index (κ3) is 2.79. The fourth-order valence-corrected chi connectivity index (χ4v) is 2.88. The Kier molecular flexibility index (Phi) is 4.15. The number of carbonyl (C=O) groups excluding carboxylic acids is 1. The highest BCUT2D eigenvalue weighted by Crippen LogP contribution is 2.39. The molecule has 2 nitrogen and oxygen atoms in total. The van der Waals surface area contributed by atoms with Gasteiger partial charge in [0.15, 0.2) is 12.0 Å². The molecule has 0 fully saturated rings. The molecule has 1 heterocycles. The van der Waals surface area contributed by atoms with E-state index >= 15 is 0 Å². The van der Waals surface area contributed by atoms with Crippen molar-refractivity contribution < 1.29 is 9.21 Å². The third-order valence-corrected chi connectivity index (χ3v) is 3.90. The van der Waals surface area contributed by atoms with Crippen LogP contribution in [0.3, 0.4) is 0 Å². The molecule has 0 aliphatic rings. The Hall–Kier alpha value is -1.19.